The van der Waals surface area contributed by atoms with Crippen LogP contribution in [0.2, 0.25) is 0 Å². The molecular weight excluding hydrogens is 216 g/mol. The van der Waals surface area contributed by atoms with Gasteiger partial charge in [-0.15, -0.1) is 0 Å². The third-order valence-corrected chi connectivity index (χ3v) is 7.48. The van der Waals surface area contributed by atoms with E-state index in [1.807, 2.05) is 27.7 Å². The summed E-state index contributed by atoms with van der Waals surface area (Å²) in [6.45, 7) is 7.42. The lowest BCUT2D eigenvalue weighted by molar-refractivity contribution is -1.91. The molecule has 0 bridgehead atoms. The third-order valence-electron chi connectivity index (χ3n) is 2.06. The highest BCUT2D eigenvalue weighted by molar-refractivity contribution is 8.30. The Morgan fingerprint density at radius 3 is 1.69 bits per heavy atom. The maximum Gasteiger partial charge on any atom is 0.121 e. The van der Waals surface area contributed by atoms with E-state index in [0.29, 0.717) is 5.75 Å². The lowest BCUT2D eigenvalue weighted by atomic mass is 10.3. The first-order valence-electron chi connectivity index (χ1n) is 3.89. The van der Waals surface area contributed by atoms with Crippen LogP contribution in [0.1, 0.15) is 27.7 Å². The van der Waals surface area contributed by atoms with Gasteiger partial charge in [0.1, 0.15) is 3.74 Å². The molecule has 0 aromatic rings. The molecule has 0 spiro atoms. The number of rotatable bonds is 3. The summed E-state index contributed by atoms with van der Waals surface area (Å²) in [6.07, 6.45) is 1.70. The molecule has 82 valence electrons. The van der Waals surface area contributed by atoms with Crippen molar-refractivity contribution >= 4 is 10.3 Å². The standard InChI is InChI=1S/C7H17ClO4S/c1-6-13(5,7(2,3)4)12-8(9,10)11/h6H2,1-5H3. The largest absolute Gasteiger partial charge is 0.182 e. The highest BCUT2D eigenvalue weighted by atomic mass is 35.7. The molecular formula is C7H17ClO4S. The zero-order chi connectivity index (χ0) is 10.9. The zero-order valence-corrected chi connectivity index (χ0v) is 10.2. The van der Waals surface area contributed by atoms with Crippen LogP contribution in [0.5, 0.6) is 0 Å². The fourth-order valence-corrected chi connectivity index (χ4v) is 4.08. The average Bonchev–Trinajstić information content (AvgIpc) is 1.81. The van der Waals surface area contributed by atoms with Gasteiger partial charge in [-0.1, -0.05) is 6.92 Å². The van der Waals surface area contributed by atoms with E-state index in [1.54, 1.807) is 6.26 Å². The normalized spacial score (nSPS) is 20.9. The number of hydrogen-bond donors (Lipinski definition) is 0. The maximum atomic E-state index is 10.5. The Hall–Kier alpha value is 0.480. The van der Waals surface area contributed by atoms with Crippen LogP contribution < -0.4 is 14.0 Å². The van der Waals surface area contributed by atoms with Gasteiger partial charge in [-0.25, -0.2) is 0 Å². The van der Waals surface area contributed by atoms with Crippen molar-refractivity contribution in [1.29, 1.82) is 0 Å². The quantitative estimate of drug-likeness (QED) is 0.630. The van der Waals surface area contributed by atoms with Crippen LogP contribution in [0.15, 0.2) is 0 Å². The molecule has 0 heterocycles. The van der Waals surface area contributed by atoms with Crippen molar-refractivity contribution in [3.05, 3.63) is 0 Å². The summed E-state index contributed by atoms with van der Waals surface area (Å²) in [5.41, 5.74) is 0. The number of halogens is 1. The highest BCUT2D eigenvalue weighted by Crippen LogP contribution is 2.57. The summed E-state index contributed by atoms with van der Waals surface area (Å²) in [5.74, 6) is 0.547. The Bertz CT molecular complexity index is 174. The predicted molar refractivity (Wildman–Crippen MR) is 44.9 cm³/mol. The molecule has 0 aliphatic heterocycles. The third kappa shape index (κ3) is 4.01. The van der Waals surface area contributed by atoms with Gasteiger partial charge < -0.3 is 0 Å². The van der Waals surface area contributed by atoms with Crippen molar-refractivity contribution in [3.63, 3.8) is 0 Å². The molecule has 13 heavy (non-hydrogen) atoms. The van der Waals surface area contributed by atoms with Gasteiger partial charge in [0.25, 0.3) is 0 Å². The van der Waals surface area contributed by atoms with Crippen LogP contribution in [-0.2, 0) is 3.74 Å². The molecule has 0 rings (SSSR count). The van der Waals surface area contributed by atoms with Gasteiger partial charge in [-0.3, -0.25) is 0 Å². The minimum Gasteiger partial charge on any atom is -0.182 e. The predicted octanol–water partition coefficient (Wildman–Crippen LogP) is -0.932. The monoisotopic (exact) mass is 232 g/mol. The SMILES string of the molecule is CCS(C)(O[Cl+3]([O-])([O-])[O-])C(C)(C)C. The summed E-state index contributed by atoms with van der Waals surface area (Å²) < 4.78 is 35.7. The number of hydrogen-bond acceptors (Lipinski definition) is 4. The first-order chi connectivity index (χ1) is 5.52. The lowest BCUT2D eigenvalue weighted by Crippen LogP contribution is -2.62. The van der Waals surface area contributed by atoms with E-state index in [2.05, 4.69) is 3.74 Å². The van der Waals surface area contributed by atoms with Crippen LogP contribution >= 0.6 is 10.3 Å². The van der Waals surface area contributed by atoms with E-state index in [9.17, 15) is 14.0 Å². The molecule has 0 radical (unpaired) electrons. The average molecular weight is 233 g/mol. The van der Waals surface area contributed by atoms with Crippen molar-refractivity contribution in [2.75, 3.05) is 12.0 Å². The van der Waals surface area contributed by atoms with Gasteiger partial charge in [0.2, 0.25) is 0 Å². The van der Waals surface area contributed by atoms with Gasteiger partial charge in [0.15, 0.2) is 0 Å². The van der Waals surface area contributed by atoms with E-state index in [1.165, 1.54) is 0 Å². The summed E-state index contributed by atoms with van der Waals surface area (Å²) in [7, 11) is -6.18. The van der Waals surface area contributed by atoms with E-state index in [0.717, 1.165) is 0 Å². The second-order valence-corrected chi connectivity index (χ2v) is 8.92. The smallest absolute Gasteiger partial charge is 0.121 e. The highest BCUT2D eigenvalue weighted by Gasteiger charge is 2.44. The molecule has 0 N–H and O–H groups in total. The van der Waals surface area contributed by atoms with Crippen LogP contribution in [0, 0.1) is 10.2 Å². The first-order valence-corrected chi connectivity index (χ1v) is 7.26. The molecule has 0 saturated carbocycles. The molecule has 1 atom stereocenters. The van der Waals surface area contributed by atoms with Crippen LogP contribution in [-0.4, -0.2) is 16.8 Å². The summed E-state index contributed by atoms with van der Waals surface area (Å²) in [5, 5.41) is 0. The van der Waals surface area contributed by atoms with E-state index < -0.39 is 20.6 Å². The Labute approximate surface area is 83.2 Å². The second-order valence-electron chi connectivity index (χ2n) is 3.85. The van der Waals surface area contributed by atoms with Crippen LogP contribution in [0.3, 0.4) is 0 Å². The van der Waals surface area contributed by atoms with Crippen molar-refractivity contribution in [2.24, 2.45) is 0 Å². The van der Waals surface area contributed by atoms with E-state index >= 15 is 0 Å². The van der Waals surface area contributed by atoms with Crippen LogP contribution in [0.25, 0.3) is 0 Å². The molecule has 1 unspecified atom stereocenters. The maximum absolute atomic E-state index is 10.5. The van der Waals surface area contributed by atoms with Gasteiger partial charge in [0, 0.05) is 27.1 Å². The molecule has 0 aromatic heterocycles. The van der Waals surface area contributed by atoms with Crippen molar-refractivity contribution < 1.29 is 28.0 Å². The Balaban J connectivity index is 4.67. The van der Waals surface area contributed by atoms with Gasteiger partial charge in [0.05, 0.1) is 10.2 Å². The summed E-state index contributed by atoms with van der Waals surface area (Å²) in [4.78, 5) is 0. The minimum atomic E-state index is -4.32. The molecule has 0 saturated heterocycles. The van der Waals surface area contributed by atoms with E-state index in [4.69, 9.17) is 0 Å². The second kappa shape index (κ2) is 3.92. The molecule has 0 aliphatic carbocycles. The Kier molecular flexibility index (Phi) is 4.07. The fraction of sp³-hybridized carbons (Fsp3) is 1.00. The van der Waals surface area contributed by atoms with E-state index in [-0.39, 0.29) is 4.75 Å². The lowest BCUT2D eigenvalue weighted by Gasteiger charge is -2.39. The van der Waals surface area contributed by atoms with Gasteiger partial charge in [-0.2, -0.15) is 14.0 Å². The van der Waals surface area contributed by atoms with Crippen LogP contribution in [0.4, 0.5) is 0 Å². The minimum absolute atomic E-state index is 0.313. The van der Waals surface area contributed by atoms with Crippen molar-refractivity contribution in [3.8, 4) is 0 Å². The molecule has 0 amide bonds. The fourth-order valence-electron chi connectivity index (χ4n) is 0.742. The summed E-state index contributed by atoms with van der Waals surface area (Å²) in [6, 6.07) is 0. The van der Waals surface area contributed by atoms with Crippen molar-refractivity contribution in [1.82, 2.24) is 0 Å². The van der Waals surface area contributed by atoms with Gasteiger partial charge >= 0.3 is 0 Å². The topological polar surface area (TPSA) is 78.4 Å². The van der Waals surface area contributed by atoms with Crippen molar-refractivity contribution in [2.45, 2.75) is 32.4 Å². The molecule has 0 aromatic carbocycles. The Morgan fingerprint density at radius 2 is 1.62 bits per heavy atom. The first kappa shape index (κ1) is 13.5. The summed E-state index contributed by atoms with van der Waals surface area (Å²) >= 11 is 0. The van der Waals surface area contributed by atoms with Gasteiger partial charge in [-0.05, 0) is 20.8 Å². The molecule has 4 nitrogen and oxygen atoms in total. The zero-order valence-electron chi connectivity index (χ0n) is 8.63. The molecule has 0 aliphatic rings. The Morgan fingerprint density at radius 1 is 1.23 bits per heavy atom. The molecule has 6 heteroatoms. The molecule has 0 fully saturated rings.